The van der Waals surface area contributed by atoms with E-state index in [1.807, 2.05) is 42.5 Å². The monoisotopic (exact) mass is 302 g/mol. The van der Waals surface area contributed by atoms with Crippen LogP contribution >= 0.6 is 0 Å². The molecule has 3 N–H and O–H groups in total. The maximum Gasteiger partial charge on any atom is 0.158 e. The molecule has 4 rings (SSSR count). The molecule has 4 aromatic rings. The second-order valence-corrected chi connectivity index (χ2v) is 5.18. The maximum absolute atomic E-state index is 9.57. The molecule has 0 atom stereocenters. The second kappa shape index (κ2) is 5.46. The molecular formula is C18H14N4O. The highest BCUT2D eigenvalue weighted by molar-refractivity contribution is 5.89. The Morgan fingerprint density at radius 3 is 2.65 bits per heavy atom. The lowest BCUT2D eigenvalue weighted by Gasteiger charge is -2.05. The van der Waals surface area contributed by atoms with Crippen molar-refractivity contribution >= 4 is 22.5 Å². The molecule has 0 fully saturated rings. The number of pyridine rings is 1. The molecule has 5 heteroatoms. The number of imidazole rings is 1. The van der Waals surface area contributed by atoms with Crippen molar-refractivity contribution in [3.63, 3.8) is 0 Å². The quantitative estimate of drug-likeness (QED) is 0.533. The SMILES string of the molecule is Oc1cccc(Nc2nccc3[nH]c(-c4ccccc4)nc23)c1. The summed E-state index contributed by atoms with van der Waals surface area (Å²) in [5, 5.41) is 12.8. The number of fused-ring (bicyclic) bond motifs is 1. The second-order valence-electron chi connectivity index (χ2n) is 5.18. The zero-order valence-corrected chi connectivity index (χ0v) is 12.2. The van der Waals surface area contributed by atoms with Crippen LogP contribution in [0.4, 0.5) is 11.5 Å². The van der Waals surface area contributed by atoms with E-state index in [1.54, 1.807) is 24.4 Å². The minimum Gasteiger partial charge on any atom is -0.508 e. The molecule has 5 nitrogen and oxygen atoms in total. The van der Waals surface area contributed by atoms with Crippen LogP contribution in [-0.2, 0) is 0 Å². The number of phenols is 1. The minimum atomic E-state index is 0.203. The van der Waals surface area contributed by atoms with Crippen LogP contribution < -0.4 is 5.32 Å². The normalized spacial score (nSPS) is 10.8. The molecule has 0 spiro atoms. The molecule has 0 aliphatic rings. The number of aromatic nitrogens is 3. The molecule has 112 valence electrons. The van der Waals surface area contributed by atoms with Gasteiger partial charge >= 0.3 is 0 Å². The highest BCUT2D eigenvalue weighted by atomic mass is 16.3. The maximum atomic E-state index is 9.57. The van der Waals surface area contributed by atoms with Gasteiger partial charge in [-0.25, -0.2) is 9.97 Å². The standard InChI is InChI=1S/C18H14N4O/c23-14-8-4-7-13(11-14)20-18-16-15(9-10-19-18)21-17(22-16)12-5-2-1-3-6-12/h1-11,23H,(H,19,20)(H,21,22). The van der Waals surface area contributed by atoms with E-state index in [1.165, 1.54) is 0 Å². The van der Waals surface area contributed by atoms with E-state index in [9.17, 15) is 5.11 Å². The first kappa shape index (κ1) is 13.3. The summed E-state index contributed by atoms with van der Waals surface area (Å²) in [4.78, 5) is 12.3. The fourth-order valence-electron chi connectivity index (χ4n) is 2.48. The van der Waals surface area contributed by atoms with Crippen molar-refractivity contribution in [2.45, 2.75) is 0 Å². The Morgan fingerprint density at radius 1 is 0.957 bits per heavy atom. The Morgan fingerprint density at radius 2 is 1.83 bits per heavy atom. The number of anilines is 2. The number of aromatic hydroxyl groups is 1. The summed E-state index contributed by atoms with van der Waals surface area (Å²) in [5.41, 5.74) is 3.44. The number of rotatable bonds is 3. The van der Waals surface area contributed by atoms with Crippen LogP contribution in [0.15, 0.2) is 66.9 Å². The van der Waals surface area contributed by atoms with E-state index in [0.717, 1.165) is 28.1 Å². The summed E-state index contributed by atoms with van der Waals surface area (Å²) in [6.07, 6.45) is 1.72. The number of H-pyrrole nitrogens is 1. The van der Waals surface area contributed by atoms with Gasteiger partial charge in [0.15, 0.2) is 5.82 Å². The summed E-state index contributed by atoms with van der Waals surface area (Å²) in [6, 6.07) is 18.8. The summed E-state index contributed by atoms with van der Waals surface area (Å²) < 4.78 is 0. The van der Waals surface area contributed by atoms with Gasteiger partial charge in [0.05, 0.1) is 5.52 Å². The van der Waals surface area contributed by atoms with Crippen LogP contribution in [0.3, 0.4) is 0 Å². The van der Waals surface area contributed by atoms with Crippen molar-refractivity contribution < 1.29 is 5.11 Å². The number of nitrogens with one attached hydrogen (secondary N) is 2. The van der Waals surface area contributed by atoms with Gasteiger partial charge in [0.2, 0.25) is 0 Å². The van der Waals surface area contributed by atoms with E-state index in [4.69, 9.17) is 0 Å². The van der Waals surface area contributed by atoms with Crippen LogP contribution in [0.5, 0.6) is 5.75 Å². The molecule has 0 saturated heterocycles. The van der Waals surface area contributed by atoms with Gasteiger partial charge in [-0.3, -0.25) is 0 Å². The van der Waals surface area contributed by atoms with Gasteiger partial charge in [-0.1, -0.05) is 36.4 Å². The molecule has 0 radical (unpaired) electrons. The highest BCUT2D eigenvalue weighted by Gasteiger charge is 2.10. The summed E-state index contributed by atoms with van der Waals surface area (Å²) >= 11 is 0. The molecule has 0 aliphatic carbocycles. The third-order valence-corrected chi connectivity index (χ3v) is 3.56. The average molecular weight is 302 g/mol. The lowest BCUT2D eigenvalue weighted by atomic mass is 10.2. The lowest BCUT2D eigenvalue weighted by Crippen LogP contribution is -1.94. The molecule has 0 aliphatic heterocycles. The average Bonchev–Trinajstić information content (AvgIpc) is 3.01. The van der Waals surface area contributed by atoms with Gasteiger partial charge < -0.3 is 15.4 Å². The van der Waals surface area contributed by atoms with Crippen molar-refractivity contribution in [1.82, 2.24) is 15.0 Å². The number of nitrogens with zero attached hydrogens (tertiary/aromatic N) is 2. The Balaban J connectivity index is 1.77. The molecule has 0 saturated carbocycles. The van der Waals surface area contributed by atoms with E-state index in [0.29, 0.717) is 5.82 Å². The topological polar surface area (TPSA) is 73.8 Å². The number of hydrogen-bond donors (Lipinski definition) is 3. The summed E-state index contributed by atoms with van der Waals surface area (Å²) in [6.45, 7) is 0. The summed E-state index contributed by atoms with van der Waals surface area (Å²) in [7, 11) is 0. The molecule has 2 aromatic carbocycles. The van der Waals surface area contributed by atoms with Crippen molar-refractivity contribution in [2.75, 3.05) is 5.32 Å². The number of phenolic OH excluding ortho intramolecular Hbond substituents is 1. The number of aromatic amines is 1. The van der Waals surface area contributed by atoms with E-state index in [2.05, 4.69) is 20.3 Å². The predicted octanol–water partition coefficient (Wildman–Crippen LogP) is 4.07. The fourth-order valence-corrected chi connectivity index (χ4v) is 2.48. The smallest absolute Gasteiger partial charge is 0.158 e. The molecule has 23 heavy (non-hydrogen) atoms. The number of hydrogen-bond acceptors (Lipinski definition) is 4. The van der Waals surface area contributed by atoms with Crippen LogP contribution in [0, 0.1) is 0 Å². The zero-order valence-electron chi connectivity index (χ0n) is 12.2. The first-order valence-corrected chi connectivity index (χ1v) is 7.26. The van der Waals surface area contributed by atoms with Crippen molar-refractivity contribution in [3.8, 4) is 17.1 Å². The van der Waals surface area contributed by atoms with Gasteiger partial charge in [0.1, 0.15) is 17.1 Å². The van der Waals surface area contributed by atoms with Gasteiger partial charge in [-0.05, 0) is 18.2 Å². The van der Waals surface area contributed by atoms with Gasteiger partial charge in [-0.15, -0.1) is 0 Å². The minimum absolute atomic E-state index is 0.203. The van der Waals surface area contributed by atoms with Gasteiger partial charge in [0.25, 0.3) is 0 Å². The third kappa shape index (κ3) is 2.60. The van der Waals surface area contributed by atoms with Crippen LogP contribution in [0.2, 0.25) is 0 Å². The Kier molecular flexibility index (Phi) is 3.16. The molecule has 0 bridgehead atoms. The molecular weight excluding hydrogens is 288 g/mol. The molecule has 0 amide bonds. The Labute approximate surface area is 132 Å². The number of benzene rings is 2. The lowest BCUT2D eigenvalue weighted by molar-refractivity contribution is 0.475. The first-order chi connectivity index (χ1) is 11.3. The molecule has 2 aromatic heterocycles. The zero-order chi connectivity index (χ0) is 15.6. The van der Waals surface area contributed by atoms with Crippen LogP contribution in [-0.4, -0.2) is 20.1 Å². The highest BCUT2D eigenvalue weighted by Crippen LogP contribution is 2.27. The first-order valence-electron chi connectivity index (χ1n) is 7.26. The molecule has 0 unspecified atom stereocenters. The van der Waals surface area contributed by atoms with Gasteiger partial charge in [-0.2, -0.15) is 0 Å². The van der Waals surface area contributed by atoms with E-state index >= 15 is 0 Å². The Hall–Kier alpha value is -3.34. The van der Waals surface area contributed by atoms with Crippen LogP contribution in [0.25, 0.3) is 22.4 Å². The van der Waals surface area contributed by atoms with Gasteiger partial charge in [0, 0.05) is 23.5 Å². The summed E-state index contributed by atoms with van der Waals surface area (Å²) in [5.74, 6) is 1.65. The van der Waals surface area contributed by atoms with Crippen LogP contribution in [0.1, 0.15) is 0 Å². The molecule has 2 heterocycles. The van der Waals surface area contributed by atoms with E-state index in [-0.39, 0.29) is 5.75 Å². The predicted molar refractivity (Wildman–Crippen MR) is 90.7 cm³/mol. The Bertz CT molecular complexity index is 963. The van der Waals surface area contributed by atoms with Crippen molar-refractivity contribution in [3.05, 3.63) is 66.9 Å². The largest absolute Gasteiger partial charge is 0.508 e. The third-order valence-electron chi connectivity index (χ3n) is 3.56. The fraction of sp³-hybridized carbons (Fsp3) is 0. The van der Waals surface area contributed by atoms with E-state index < -0.39 is 0 Å². The van der Waals surface area contributed by atoms with Crippen molar-refractivity contribution in [2.24, 2.45) is 0 Å². The van der Waals surface area contributed by atoms with Crippen molar-refractivity contribution in [1.29, 1.82) is 0 Å².